The van der Waals surface area contributed by atoms with Gasteiger partial charge < -0.3 is 9.26 Å². The van der Waals surface area contributed by atoms with Gasteiger partial charge in [-0.15, -0.1) is 0 Å². The molecule has 0 amide bonds. The van der Waals surface area contributed by atoms with Gasteiger partial charge in [-0.3, -0.25) is 14.2 Å². The SMILES string of the molecule is CCc1noc(CSc2nc3ccccc3c(=O)n2CC(=O)OC)n1. The topological polar surface area (TPSA) is 100 Å². The lowest BCUT2D eigenvalue weighted by molar-refractivity contribution is -0.141. The standard InChI is InChI=1S/C16H16N4O4S/c1-3-12-18-13(24-19-12)9-25-16-17-11-7-5-4-6-10(11)15(22)20(16)8-14(21)23-2/h4-7H,3,8-9H2,1-2H3. The van der Waals surface area contributed by atoms with Gasteiger partial charge in [0.25, 0.3) is 5.56 Å². The molecule has 1 aromatic carbocycles. The van der Waals surface area contributed by atoms with Gasteiger partial charge in [-0.25, -0.2) is 4.98 Å². The van der Waals surface area contributed by atoms with E-state index in [-0.39, 0.29) is 12.1 Å². The van der Waals surface area contributed by atoms with E-state index in [0.717, 1.165) is 0 Å². The van der Waals surface area contributed by atoms with Crippen LogP contribution in [0.15, 0.2) is 38.7 Å². The van der Waals surface area contributed by atoms with Crippen molar-refractivity contribution < 1.29 is 14.1 Å². The summed E-state index contributed by atoms with van der Waals surface area (Å²) >= 11 is 1.25. The molecule has 0 saturated heterocycles. The van der Waals surface area contributed by atoms with E-state index in [1.165, 1.54) is 23.4 Å². The van der Waals surface area contributed by atoms with Crippen LogP contribution in [0.25, 0.3) is 10.9 Å². The van der Waals surface area contributed by atoms with Gasteiger partial charge in [0.1, 0.15) is 6.54 Å². The summed E-state index contributed by atoms with van der Waals surface area (Å²) in [7, 11) is 1.28. The predicted molar refractivity (Wildman–Crippen MR) is 91.3 cm³/mol. The molecule has 0 saturated carbocycles. The average molecular weight is 360 g/mol. The van der Waals surface area contributed by atoms with Crippen LogP contribution >= 0.6 is 11.8 Å². The van der Waals surface area contributed by atoms with Gasteiger partial charge in [0.15, 0.2) is 11.0 Å². The molecule has 0 N–H and O–H groups in total. The largest absolute Gasteiger partial charge is 0.468 e. The van der Waals surface area contributed by atoms with Crippen LogP contribution in [0.2, 0.25) is 0 Å². The van der Waals surface area contributed by atoms with Crippen LogP contribution in [0, 0.1) is 0 Å². The lowest BCUT2D eigenvalue weighted by atomic mass is 10.2. The minimum atomic E-state index is -0.521. The van der Waals surface area contributed by atoms with Crippen LogP contribution in [-0.4, -0.2) is 32.8 Å². The van der Waals surface area contributed by atoms with Crippen molar-refractivity contribution in [3.63, 3.8) is 0 Å². The number of ether oxygens (including phenoxy) is 1. The Balaban J connectivity index is 1.97. The van der Waals surface area contributed by atoms with E-state index in [4.69, 9.17) is 4.52 Å². The van der Waals surface area contributed by atoms with Gasteiger partial charge in [0.05, 0.1) is 23.8 Å². The fraction of sp³-hybridized carbons (Fsp3) is 0.312. The molecule has 0 aliphatic heterocycles. The molecule has 0 radical (unpaired) electrons. The number of benzene rings is 1. The van der Waals surface area contributed by atoms with Crippen molar-refractivity contribution in [3.05, 3.63) is 46.3 Å². The Morgan fingerprint density at radius 3 is 2.84 bits per heavy atom. The molecule has 0 atom stereocenters. The van der Waals surface area contributed by atoms with Gasteiger partial charge in [-0.1, -0.05) is 36.0 Å². The molecule has 9 heteroatoms. The molecular formula is C16H16N4O4S. The van der Waals surface area contributed by atoms with Crippen molar-refractivity contribution in [2.24, 2.45) is 0 Å². The minimum absolute atomic E-state index is 0.209. The fourth-order valence-corrected chi connectivity index (χ4v) is 3.05. The molecule has 0 spiro atoms. The van der Waals surface area contributed by atoms with Crippen LogP contribution in [0.4, 0.5) is 0 Å². The molecule has 0 aliphatic rings. The zero-order chi connectivity index (χ0) is 17.8. The molecule has 2 aromatic heterocycles. The van der Waals surface area contributed by atoms with Crippen LogP contribution < -0.4 is 5.56 Å². The third-order valence-corrected chi connectivity index (χ3v) is 4.45. The fourth-order valence-electron chi connectivity index (χ4n) is 2.21. The maximum absolute atomic E-state index is 12.7. The van der Waals surface area contributed by atoms with Crippen LogP contribution in [0.3, 0.4) is 0 Å². The number of thioether (sulfide) groups is 1. The van der Waals surface area contributed by atoms with Crippen LogP contribution in [0.1, 0.15) is 18.6 Å². The van der Waals surface area contributed by atoms with E-state index < -0.39 is 5.97 Å². The van der Waals surface area contributed by atoms with E-state index in [0.29, 0.717) is 39.9 Å². The molecule has 0 fully saturated rings. The van der Waals surface area contributed by atoms with Crippen molar-refractivity contribution in [1.29, 1.82) is 0 Å². The number of para-hydroxylation sites is 1. The summed E-state index contributed by atoms with van der Waals surface area (Å²) in [6, 6.07) is 6.99. The first kappa shape index (κ1) is 17.2. The van der Waals surface area contributed by atoms with E-state index in [1.807, 2.05) is 6.92 Å². The number of methoxy groups -OCH3 is 1. The van der Waals surface area contributed by atoms with Crippen molar-refractivity contribution in [2.45, 2.75) is 30.8 Å². The number of carbonyl (C=O) groups is 1. The number of hydrogen-bond donors (Lipinski definition) is 0. The normalized spacial score (nSPS) is 11.0. The minimum Gasteiger partial charge on any atom is -0.468 e. The zero-order valence-corrected chi connectivity index (χ0v) is 14.6. The number of esters is 1. The smallest absolute Gasteiger partial charge is 0.325 e. The molecule has 25 heavy (non-hydrogen) atoms. The second kappa shape index (κ2) is 7.47. The van der Waals surface area contributed by atoms with Crippen molar-refractivity contribution in [2.75, 3.05) is 7.11 Å². The summed E-state index contributed by atoms with van der Waals surface area (Å²) in [6.07, 6.45) is 0.676. The Labute approximate surface area is 147 Å². The second-order valence-corrected chi connectivity index (χ2v) is 6.07. The number of aryl methyl sites for hydroxylation is 1. The highest BCUT2D eigenvalue weighted by molar-refractivity contribution is 7.98. The molecule has 3 rings (SSSR count). The molecule has 3 aromatic rings. The van der Waals surface area contributed by atoms with Gasteiger partial charge in [-0.05, 0) is 12.1 Å². The highest BCUT2D eigenvalue weighted by atomic mass is 32.2. The zero-order valence-electron chi connectivity index (χ0n) is 13.8. The van der Waals surface area contributed by atoms with Crippen molar-refractivity contribution in [1.82, 2.24) is 19.7 Å². The lowest BCUT2D eigenvalue weighted by Gasteiger charge is -2.11. The molecular weight excluding hydrogens is 344 g/mol. The molecule has 0 bridgehead atoms. The summed E-state index contributed by atoms with van der Waals surface area (Å²) in [5, 5.41) is 4.68. The summed E-state index contributed by atoms with van der Waals surface area (Å²) in [4.78, 5) is 33.1. The van der Waals surface area contributed by atoms with E-state index in [2.05, 4.69) is 19.9 Å². The maximum Gasteiger partial charge on any atom is 0.325 e. The highest BCUT2D eigenvalue weighted by Crippen LogP contribution is 2.21. The van der Waals surface area contributed by atoms with Gasteiger partial charge in [-0.2, -0.15) is 4.98 Å². The number of hydrogen-bond acceptors (Lipinski definition) is 8. The maximum atomic E-state index is 12.7. The molecule has 0 unspecified atom stereocenters. The predicted octanol–water partition coefficient (Wildman–Crippen LogP) is 1.81. The van der Waals surface area contributed by atoms with Gasteiger partial charge >= 0.3 is 5.97 Å². The Morgan fingerprint density at radius 1 is 1.32 bits per heavy atom. The number of nitrogens with zero attached hydrogens (tertiary/aromatic N) is 4. The molecule has 0 aliphatic carbocycles. The lowest BCUT2D eigenvalue weighted by Crippen LogP contribution is -2.27. The number of rotatable bonds is 6. The number of fused-ring (bicyclic) bond motifs is 1. The average Bonchev–Trinajstić information content (AvgIpc) is 3.10. The highest BCUT2D eigenvalue weighted by Gasteiger charge is 2.16. The Kier molecular flexibility index (Phi) is 5.13. The molecule has 8 nitrogen and oxygen atoms in total. The van der Waals surface area contributed by atoms with Crippen molar-refractivity contribution in [3.8, 4) is 0 Å². The summed E-state index contributed by atoms with van der Waals surface area (Å²) < 4.78 is 11.1. The summed E-state index contributed by atoms with van der Waals surface area (Å²) in [6.45, 7) is 1.72. The van der Waals surface area contributed by atoms with Crippen molar-refractivity contribution >= 4 is 28.6 Å². The Morgan fingerprint density at radius 2 is 2.12 bits per heavy atom. The number of aromatic nitrogens is 4. The third kappa shape index (κ3) is 3.71. The Bertz CT molecular complexity index is 966. The Hall–Kier alpha value is -2.68. The second-order valence-electron chi connectivity index (χ2n) is 5.13. The van der Waals surface area contributed by atoms with Gasteiger partial charge in [0, 0.05) is 6.42 Å². The monoisotopic (exact) mass is 360 g/mol. The molecule has 130 valence electrons. The summed E-state index contributed by atoms with van der Waals surface area (Å²) in [5.74, 6) is 0.883. The first-order valence-electron chi connectivity index (χ1n) is 7.63. The van der Waals surface area contributed by atoms with E-state index in [9.17, 15) is 9.59 Å². The first-order chi connectivity index (χ1) is 12.1. The third-order valence-electron chi connectivity index (χ3n) is 3.49. The van der Waals surface area contributed by atoms with Gasteiger partial charge in [0.2, 0.25) is 5.89 Å². The van der Waals surface area contributed by atoms with E-state index in [1.54, 1.807) is 24.3 Å². The quantitative estimate of drug-likeness (QED) is 0.373. The van der Waals surface area contributed by atoms with E-state index >= 15 is 0 Å². The van der Waals surface area contributed by atoms with Crippen LogP contribution in [-0.2, 0) is 28.2 Å². The van der Waals surface area contributed by atoms with Crippen LogP contribution in [0.5, 0.6) is 0 Å². The number of carbonyl (C=O) groups excluding carboxylic acids is 1. The first-order valence-corrected chi connectivity index (χ1v) is 8.61. The summed E-state index contributed by atoms with van der Waals surface area (Å²) in [5.41, 5.74) is 0.272. The molecule has 2 heterocycles.